The van der Waals surface area contributed by atoms with E-state index in [4.69, 9.17) is 11.6 Å². The molecule has 1 aromatic carbocycles. The Hall–Kier alpha value is -0.620. The number of hydrogen-bond donors (Lipinski definition) is 2. The monoisotopic (exact) mass is 330 g/mol. The third kappa shape index (κ3) is 4.68. The van der Waals surface area contributed by atoms with Crippen molar-refractivity contribution in [3.63, 3.8) is 0 Å². The molecule has 0 radical (unpaired) electrons. The predicted octanol–water partition coefficient (Wildman–Crippen LogP) is 2.92. The molecule has 2 rings (SSSR count). The van der Waals surface area contributed by atoms with Crippen molar-refractivity contribution in [1.82, 2.24) is 10.0 Å². The van der Waals surface area contributed by atoms with Gasteiger partial charge in [0, 0.05) is 18.1 Å². The summed E-state index contributed by atoms with van der Waals surface area (Å²) in [6.45, 7) is 1.15. The van der Waals surface area contributed by atoms with Gasteiger partial charge in [0.2, 0.25) is 10.0 Å². The lowest BCUT2D eigenvalue weighted by atomic mass is 9.90. The molecule has 1 aliphatic carbocycles. The SMILES string of the molecule is CNCc1ccc(S(=O)(=O)NCC2CCCCC2)cc1Cl. The second-order valence-electron chi connectivity index (χ2n) is 5.64. The zero-order chi connectivity index (χ0) is 15.3. The number of halogens is 1. The molecule has 4 nitrogen and oxygen atoms in total. The van der Waals surface area contributed by atoms with Crippen LogP contribution in [0.15, 0.2) is 23.1 Å². The van der Waals surface area contributed by atoms with Crippen LogP contribution < -0.4 is 10.0 Å². The Morgan fingerprint density at radius 1 is 1.24 bits per heavy atom. The Kier molecular flexibility index (Phi) is 6.05. The van der Waals surface area contributed by atoms with Crippen LogP contribution in [0.3, 0.4) is 0 Å². The lowest BCUT2D eigenvalue weighted by molar-refractivity contribution is 0.357. The Morgan fingerprint density at radius 3 is 2.57 bits per heavy atom. The second kappa shape index (κ2) is 7.58. The lowest BCUT2D eigenvalue weighted by Crippen LogP contribution is -2.30. The van der Waals surface area contributed by atoms with Gasteiger partial charge in [-0.2, -0.15) is 0 Å². The minimum Gasteiger partial charge on any atom is -0.316 e. The van der Waals surface area contributed by atoms with Crippen molar-refractivity contribution in [2.45, 2.75) is 43.5 Å². The number of nitrogens with one attached hydrogen (secondary N) is 2. The first-order valence-corrected chi connectivity index (χ1v) is 9.32. The van der Waals surface area contributed by atoms with Crippen molar-refractivity contribution < 1.29 is 8.42 Å². The zero-order valence-electron chi connectivity index (χ0n) is 12.4. The Labute approximate surface area is 132 Å². The van der Waals surface area contributed by atoms with E-state index in [1.54, 1.807) is 12.1 Å². The van der Waals surface area contributed by atoms with E-state index >= 15 is 0 Å². The van der Waals surface area contributed by atoms with E-state index < -0.39 is 10.0 Å². The van der Waals surface area contributed by atoms with Gasteiger partial charge in [0.1, 0.15) is 0 Å². The molecule has 6 heteroatoms. The van der Waals surface area contributed by atoms with Crippen molar-refractivity contribution in [3.8, 4) is 0 Å². The van der Waals surface area contributed by atoms with Gasteiger partial charge in [-0.25, -0.2) is 13.1 Å². The maximum Gasteiger partial charge on any atom is 0.240 e. The molecular weight excluding hydrogens is 308 g/mol. The maximum atomic E-state index is 12.3. The molecule has 1 fully saturated rings. The molecule has 0 spiro atoms. The molecule has 118 valence electrons. The van der Waals surface area contributed by atoms with E-state index in [0.717, 1.165) is 18.4 Å². The molecule has 0 atom stereocenters. The molecule has 0 aliphatic heterocycles. The predicted molar refractivity (Wildman–Crippen MR) is 86.0 cm³/mol. The summed E-state index contributed by atoms with van der Waals surface area (Å²) in [4.78, 5) is 0.239. The van der Waals surface area contributed by atoms with Gasteiger partial charge >= 0.3 is 0 Å². The van der Waals surface area contributed by atoms with E-state index in [2.05, 4.69) is 10.0 Å². The summed E-state index contributed by atoms with van der Waals surface area (Å²) in [5.74, 6) is 0.465. The van der Waals surface area contributed by atoms with Gasteiger partial charge in [-0.05, 0) is 43.5 Å². The minimum atomic E-state index is -3.47. The Morgan fingerprint density at radius 2 is 1.95 bits per heavy atom. The smallest absolute Gasteiger partial charge is 0.240 e. The van der Waals surface area contributed by atoms with E-state index in [1.807, 2.05) is 7.05 Å². The number of benzene rings is 1. The fraction of sp³-hybridized carbons (Fsp3) is 0.600. The van der Waals surface area contributed by atoms with Crippen LogP contribution in [0.25, 0.3) is 0 Å². The first-order valence-electron chi connectivity index (χ1n) is 7.45. The van der Waals surface area contributed by atoms with Gasteiger partial charge in [-0.15, -0.1) is 0 Å². The van der Waals surface area contributed by atoms with Gasteiger partial charge in [-0.1, -0.05) is 36.9 Å². The van der Waals surface area contributed by atoms with Gasteiger partial charge in [-0.3, -0.25) is 0 Å². The molecule has 0 amide bonds. The quantitative estimate of drug-likeness (QED) is 0.843. The summed E-state index contributed by atoms with van der Waals surface area (Å²) in [5, 5.41) is 3.48. The average Bonchev–Trinajstić information content (AvgIpc) is 2.48. The third-order valence-corrected chi connectivity index (χ3v) is 5.76. The number of hydrogen-bond acceptors (Lipinski definition) is 3. The van der Waals surface area contributed by atoms with Crippen LogP contribution in [-0.4, -0.2) is 22.0 Å². The molecule has 1 saturated carbocycles. The van der Waals surface area contributed by atoms with E-state index in [0.29, 0.717) is 24.0 Å². The summed E-state index contributed by atoms with van der Waals surface area (Å²) in [7, 11) is -1.64. The first-order chi connectivity index (χ1) is 10.0. The summed E-state index contributed by atoms with van der Waals surface area (Å²) in [5.41, 5.74) is 0.894. The third-order valence-electron chi connectivity index (χ3n) is 3.99. The zero-order valence-corrected chi connectivity index (χ0v) is 13.9. The number of sulfonamides is 1. The lowest BCUT2D eigenvalue weighted by Gasteiger charge is -2.21. The topological polar surface area (TPSA) is 58.2 Å². The van der Waals surface area contributed by atoms with Crippen LogP contribution in [-0.2, 0) is 16.6 Å². The fourth-order valence-corrected chi connectivity index (χ4v) is 4.19. The highest BCUT2D eigenvalue weighted by molar-refractivity contribution is 7.89. The Balaban J connectivity index is 2.03. The molecule has 1 aliphatic rings. The minimum absolute atomic E-state index is 0.239. The standard InChI is InChI=1S/C15H23ClN2O2S/c1-17-11-13-7-8-14(9-15(13)16)21(19,20)18-10-12-5-3-2-4-6-12/h7-9,12,17-18H,2-6,10-11H2,1H3. The van der Waals surface area contributed by atoms with E-state index in [-0.39, 0.29) is 4.90 Å². The highest BCUT2D eigenvalue weighted by Gasteiger charge is 2.19. The van der Waals surface area contributed by atoms with Crippen molar-refractivity contribution in [1.29, 1.82) is 0 Å². The van der Waals surface area contributed by atoms with Crippen molar-refractivity contribution in [3.05, 3.63) is 28.8 Å². The molecule has 0 saturated heterocycles. The summed E-state index contributed by atoms with van der Waals surface area (Å²) < 4.78 is 27.3. The highest BCUT2D eigenvalue weighted by Crippen LogP contribution is 2.24. The van der Waals surface area contributed by atoms with Gasteiger partial charge in [0.15, 0.2) is 0 Å². The molecule has 0 aromatic heterocycles. The van der Waals surface area contributed by atoms with Crippen molar-refractivity contribution in [2.24, 2.45) is 5.92 Å². The normalized spacial score (nSPS) is 17.0. The molecular formula is C15H23ClN2O2S. The van der Waals surface area contributed by atoms with Crippen molar-refractivity contribution in [2.75, 3.05) is 13.6 Å². The fourth-order valence-electron chi connectivity index (χ4n) is 2.73. The van der Waals surface area contributed by atoms with Crippen LogP contribution in [0.5, 0.6) is 0 Å². The summed E-state index contributed by atoms with van der Waals surface area (Å²) >= 11 is 6.13. The van der Waals surface area contributed by atoms with Crippen LogP contribution >= 0.6 is 11.6 Å². The maximum absolute atomic E-state index is 12.3. The highest BCUT2D eigenvalue weighted by atomic mass is 35.5. The van der Waals surface area contributed by atoms with Crippen LogP contribution in [0.2, 0.25) is 5.02 Å². The van der Waals surface area contributed by atoms with Gasteiger partial charge in [0.25, 0.3) is 0 Å². The molecule has 21 heavy (non-hydrogen) atoms. The Bertz CT molecular complexity index is 569. The summed E-state index contributed by atoms with van der Waals surface area (Å²) in [6.07, 6.45) is 5.91. The molecule has 0 unspecified atom stereocenters. The van der Waals surface area contributed by atoms with Crippen LogP contribution in [0.4, 0.5) is 0 Å². The van der Waals surface area contributed by atoms with Crippen molar-refractivity contribution >= 4 is 21.6 Å². The molecule has 2 N–H and O–H groups in total. The molecule has 0 bridgehead atoms. The second-order valence-corrected chi connectivity index (χ2v) is 7.81. The average molecular weight is 331 g/mol. The van der Waals surface area contributed by atoms with Crippen LogP contribution in [0.1, 0.15) is 37.7 Å². The first kappa shape index (κ1) is 16.7. The molecule has 0 heterocycles. The van der Waals surface area contributed by atoms with E-state index in [9.17, 15) is 8.42 Å². The summed E-state index contributed by atoms with van der Waals surface area (Å²) in [6, 6.07) is 4.90. The van der Waals surface area contributed by atoms with Crippen LogP contribution in [0, 0.1) is 5.92 Å². The largest absolute Gasteiger partial charge is 0.316 e. The number of rotatable bonds is 6. The van der Waals surface area contributed by atoms with Gasteiger partial charge < -0.3 is 5.32 Å². The van der Waals surface area contributed by atoms with E-state index in [1.165, 1.54) is 25.3 Å². The van der Waals surface area contributed by atoms with Gasteiger partial charge in [0.05, 0.1) is 4.90 Å². The molecule has 1 aromatic rings.